The minimum absolute atomic E-state index is 0. The van der Waals surface area contributed by atoms with Crippen molar-refractivity contribution in [2.24, 2.45) is 5.73 Å². The fourth-order valence-corrected chi connectivity index (χ4v) is 2.63. The Labute approximate surface area is 137 Å². The molecule has 0 heterocycles. The van der Waals surface area contributed by atoms with Gasteiger partial charge in [0.15, 0.2) is 0 Å². The Hall–Kier alpha value is -1.59. The van der Waals surface area contributed by atoms with Crippen molar-refractivity contribution in [1.29, 1.82) is 0 Å². The number of carbonyl (C=O) groups is 2. The van der Waals surface area contributed by atoms with E-state index in [1.54, 1.807) is 24.3 Å². The average Bonchev–Trinajstić information content (AvgIpc) is 2.49. The van der Waals surface area contributed by atoms with Crippen LogP contribution in [-0.2, 0) is 4.79 Å². The first-order valence-corrected chi connectivity index (χ1v) is 7.54. The van der Waals surface area contributed by atoms with E-state index in [9.17, 15) is 9.59 Å². The predicted octanol–water partition coefficient (Wildman–Crippen LogP) is 2.46. The average molecular weight is 326 g/mol. The zero-order valence-electron chi connectivity index (χ0n) is 12.9. The minimum atomic E-state index is -0.753. The maximum absolute atomic E-state index is 12.3. The number of halogens is 1. The van der Waals surface area contributed by atoms with E-state index >= 15 is 0 Å². The topological polar surface area (TPSA) is 84.2 Å². The normalized spacial score (nSPS) is 16.3. The lowest BCUT2D eigenvalue weighted by Crippen LogP contribution is -2.52. The predicted molar refractivity (Wildman–Crippen MR) is 90.3 cm³/mol. The van der Waals surface area contributed by atoms with Gasteiger partial charge >= 0.3 is 0 Å². The summed E-state index contributed by atoms with van der Waals surface area (Å²) >= 11 is 0. The molecule has 0 aromatic heterocycles. The summed E-state index contributed by atoms with van der Waals surface area (Å²) in [6.07, 6.45) is 4.61. The van der Waals surface area contributed by atoms with E-state index in [1.807, 2.05) is 6.92 Å². The molecule has 0 aliphatic heterocycles. The molecule has 0 bridgehead atoms. The number of hydrogen-bond acceptors (Lipinski definition) is 3. The molecule has 1 aliphatic carbocycles. The van der Waals surface area contributed by atoms with Gasteiger partial charge < -0.3 is 16.4 Å². The molecule has 1 aromatic carbocycles. The number of carbonyl (C=O) groups excluding carboxylic acids is 2. The van der Waals surface area contributed by atoms with Crippen LogP contribution in [0.25, 0.3) is 0 Å². The lowest BCUT2D eigenvalue weighted by atomic mass is 9.82. The molecular weight excluding hydrogens is 302 g/mol. The van der Waals surface area contributed by atoms with Crippen molar-refractivity contribution in [3.63, 3.8) is 0 Å². The number of amides is 2. The van der Waals surface area contributed by atoms with Crippen molar-refractivity contribution in [1.82, 2.24) is 5.32 Å². The molecule has 2 amide bonds. The molecule has 5 nitrogen and oxygen atoms in total. The van der Waals surface area contributed by atoms with Crippen molar-refractivity contribution >= 4 is 29.9 Å². The summed E-state index contributed by atoms with van der Waals surface area (Å²) in [5.41, 5.74) is 6.69. The molecule has 122 valence electrons. The maximum atomic E-state index is 12.3. The first kappa shape index (κ1) is 18.5. The van der Waals surface area contributed by atoms with Gasteiger partial charge in [-0.05, 0) is 44.0 Å². The molecule has 4 N–H and O–H groups in total. The Morgan fingerprint density at radius 2 is 1.73 bits per heavy atom. The van der Waals surface area contributed by atoms with Crippen molar-refractivity contribution in [3.05, 3.63) is 29.8 Å². The number of nitrogens with two attached hydrogens (primary N) is 1. The molecule has 1 aromatic rings. The van der Waals surface area contributed by atoms with Gasteiger partial charge in [0.2, 0.25) is 5.91 Å². The smallest absolute Gasteiger partial charge is 0.251 e. The number of nitrogens with one attached hydrogen (secondary N) is 2. The maximum Gasteiger partial charge on any atom is 0.251 e. The highest BCUT2D eigenvalue weighted by Gasteiger charge is 2.35. The molecule has 0 unspecified atom stereocenters. The summed E-state index contributed by atoms with van der Waals surface area (Å²) in [7, 11) is 0. The lowest BCUT2D eigenvalue weighted by molar-refractivity contribution is -0.122. The lowest BCUT2D eigenvalue weighted by Gasteiger charge is -2.31. The van der Waals surface area contributed by atoms with Gasteiger partial charge in [-0.1, -0.05) is 19.3 Å². The molecule has 0 spiro atoms. The van der Waals surface area contributed by atoms with Gasteiger partial charge in [0.05, 0.1) is 5.54 Å². The molecule has 0 saturated heterocycles. The van der Waals surface area contributed by atoms with Crippen LogP contribution in [0, 0.1) is 0 Å². The van der Waals surface area contributed by atoms with E-state index in [0.717, 1.165) is 32.1 Å². The van der Waals surface area contributed by atoms with Gasteiger partial charge in [-0.3, -0.25) is 9.59 Å². The molecule has 2 rings (SSSR count). The zero-order chi connectivity index (χ0) is 15.3. The van der Waals surface area contributed by atoms with Gasteiger partial charge in [0.1, 0.15) is 0 Å². The SMILES string of the molecule is CCNC(=O)c1ccc(NC(=O)C2(N)CCCCC2)cc1.Cl. The van der Waals surface area contributed by atoms with Crippen molar-refractivity contribution in [2.75, 3.05) is 11.9 Å². The highest BCUT2D eigenvalue weighted by molar-refractivity contribution is 5.99. The summed E-state index contributed by atoms with van der Waals surface area (Å²) in [6, 6.07) is 6.86. The van der Waals surface area contributed by atoms with Crippen LogP contribution in [0.2, 0.25) is 0 Å². The Kier molecular flexibility index (Phi) is 6.84. The molecule has 22 heavy (non-hydrogen) atoms. The monoisotopic (exact) mass is 325 g/mol. The van der Waals surface area contributed by atoms with Gasteiger partial charge in [0, 0.05) is 17.8 Å². The second kappa shape index (κ2) is 8.15. The standard InChI is InChI=1S/C16H23N3O2.ClH/c1-2-18-14(20)12-6-8-13(9-7-12)19-15(21)16(17)10-4-3-5-11-16;/h6-9H,2-5,10-11,17H2,1H3,(H,18,20)(H,19,21);1H. The molecular formula is C16H24ClN3O2. The third-order valence-corrected chi connectivity index (χ3v) is 3.94. The number of anilines is 1. The van der Waals surface area contributed by atoms with E-state index < -0.39 is 5.54 Å². The van der Waals surface area contributed by atoms with Crippen LogP contribution < -0.4 is 16.4 Å². The zero-order valence-corrected chi connectivity index (χ0v) is 13.7. The summed E-state index contributed by atoms with van der Waals surface area (Å²) in [5.74, 6) is -0.245. The van der Waals surface area contributed by atoms with Crippen LogP contribution >= 0.6 is 12.4 Å². The molecule has 1 saturated carbocycles. The van der Waals surface area contributed by atoms with Crippen LogP contribution in [0.3, 0.4) is 0 Å². The van der Waals surface area contributed by atoms with E-state index in [2.05, 4.69) is 10.6 Å². The molecule has 0 radical (unpaired) electrons. The van der Waals surface area contributed by atoms with Crippen LogP contribution in [0.1, 0.15) is 49.4 Å². The summed E-state index contributed by atoms with van der Waals surface area (Å²) < 4.78 is 0. The number of rotatable bonds is 4. The second-order valence-electron chi connectivity index (χ2n) is 5.61. The largest absolute Gasteiger partial charge is 0.352 e. The molecule has 1 fully saturated rings. The minimum Gasteiger partial charge on any atom is -0.352 e. The van der Waals surface area contributed by atoms with E-state index in [4.69, 9.17) is 5.73 Å². The first-order valence-electron chi connectivity index (χ1n) is 7.54. The van der Waals surface area contributed by atoms with Crippen LogP contribution in [0.15, 0.2) is 24.3 Å². The quantitative estimate of drug-likeness (QED) is 0.795. The molecule has 6 heteroatoms. The Morgan fingerprint density at radius 3 is 2.27 bits per heavy atom. The van der Waals surface area contributed by atoms with Gasteiger partial charge in [-0.2, -0.15) is 0 Å². The number of hydrogen-bond donors (Lipinski definition) is 3. The highest BCUT2D eigenvalue weighted by Crippen LogP contribution is 2.27. The fourth-order valence-electron chi connectivity index (χ4n) is 2.63. The second-order valence-corrected chi connectivity index (χ2v) is 5.61. The molecule has 1 aliphatic rings. The Morgan fingerprint density at radius 1 is 1.14 bits per heavy atom. The first-order chi connectivity index (χ1) is 10.0. The summed E-state index contributed by atoms with van der Waals surface area (Å²) in [4.78, 5) is 24.0. The van der Waals surface area contributed by atoms with E-state index in [1.165, 1.54) is 0 Å². The van der Waals surface area contributed by atoms with E-state index in [0.29, 0.717) is 17.8 Å². The van der Waals surface area contributed by atoms with Crippen LogP contribution in [0.4, 0.5) is 5.69 Å². The van der Waals surface area contributed by atoms with Crippen molar-refractivity contribution in [2.45, 2.75) is 44.6 Å². The number of benzene rings is 1. The fraction of sp³-hybridized carbons (Fsp3) is 0.500. The van der Waals surface area contributed by atoms with Gasteiger partial charge in [-0.15, -0.1) is 12.4 Å². The van der Waals surface area contributed by atoms with Gasteiger partial charge in [0.25, 0.3) is 5.91 Å². The Bertz CT molecular complexity index is 511. The Balaban J connectivity index is 0.00000242. The highest BCUT2D eigenvalue weighted by atomic mass is 35.5. The summed E-state index contributed by atoms with van der Waals surface area (Å²) in [5, 5.41) is 5.59. The van der Waals surface area contributed by atoms with Crippen molar-refractivity contribution < 1.29 is 9.59 Å². The van der Waals surface area contributed by atoms with E-state index in [-0.39, 0.29) is 24.2 Å². The third kappa shape index (κ3) is 4.45. The van der Waals surface area contributed by atoms with Crippen LogP contribution in [-0.4, -0.2) is 23.9 Å². The van der Waals surface area contributed by atoms with Gasteiger partial charge in [-0.25, -0.2) is 0 Å². The third-order valence-electron chi connectivity index (χ3n) is 3.94. The molecule has 0 atom stereocenters. The van der Waals surface area contributed by atoms with Crippen molar-refractivity contribution in [3.8, 4) is 0 Å². The van der Waals surface area contributed by atoms with Crippen LogP contribution in [0.5, 0.6) is 0 Å². The summed E-state index contributed by atoms with van der Waals surface area (Å²) in [6.45, 7) is 2.46.